The Hall–Kier alpha value is -2.22. The average Bonchev–Trinajstić information content (AvgIpc) is 2.93. The predicted molar refractivity (Wildman–Crippen MR) is 86.0 cm³/mol. The van der Waals surface area contributed by atoms with Crippen molar-refractivity contribution in [1.29, 1.82) is 0 Å². The highest BCUT2D eigenvalue weighted by Gasteiger charge is 2.31. The summed E-state index contributed by atoms with van der Waals surface area (Å²) in [4.78, 5) is 13.7. The van der Waals surface area contributed by atoms with Crippen LogP contribution in [0.3, 0.4) is 0 Å². The molecule has 1 aliphatic carbocycles. The number of hydrogen-bond donors (Lipinski definition) is 3. The van der Waals surface area contributed by atoms with E-state index in [-0.39, 0.29) is 24.3 Å². The number of urea groups is 1. The summed E-state index contributed by atoms with van der Waals surface area (Å²) in [5.41, 5.74) is -0.286. The maximum atomic E-state index is 12.9. The van der Waals surface area contributed by atoms with E-state index in [9.17, 15) is 18.0 Å². The van der Waals surface area contributed by atoms with E-state index in [0.29, 0.717) is 12.1 Å². The van der Waals surface area contributed by atoms with Gasteiger partial charge in [0.05, 0.1) is 16.9 Å². The highest BCUT2D eigenvalue weighted by atomic mass is 19.4. The molecule has 2 amide bonds. The maximum absolute atomic E-state index is 12.9. The second-order valence-corrected chi connectivity index (χ2v) is 5.89. The van der Waals surface area contributed by atoms with Crippen LogP contribution in [-0.4, -0.2) is 37.9 Å². The molecule has 2 rings (SSSR count). The fraction of sp³-hybridized carbons (Fsp3) is 0.438. The Balaban J connectivity index is 2.12. The molecule has 2 atom stereocenters. The molecule has 0 aliphatic heterocycles. The van der Waals surface area contributed by atoms with Crippen LogP contribution in [0.4, 0.5) is 29.3 Å². The summed E-state index contributed by atoms with van der Waals surface area (Å²) >= 11 is 0. The predicted octanol–water partition coefficient (Wildman–Crippen LogP) is 2.83. The third-order valence-electron chi connectivity index (χ3n) is 3.78. The number of carbonyl (C=O) groups is 1. The first-order chi connectivity index (χ1) is 11.2. The Morgan fingerprint density at radius 1 is 1.33 bits per heavy atom. The van der Waals surface area contributed by atoms with Crippen LogP contribution >= 0.6 is 0 Å². The van der Waals surface area contributed by atoms with Gasteiger partial charge in [-0.05, 0) is 24.6 Å². The minimum absolute atomic E-state index is 0.00525. The number of rotatable bonds is 4. The van der Waals surface area contributed by atoms with Gasteiger partial charge in [0.2, 0.25) is 0 Å². The summed E-state index contributed by atoms with van der Waals surface area (Å²) < 4.78 is 38.6. The van der Waals surface area contributed by atoms with E-state index in [4.69, 9.17) is 5.11 Å². The smallest absolute Gasteiger partial charge is 0.396 e. The third-order valence-corrected chi connectivity index (χ3v) is 3.78. The monoisotopic (exact) mass is 343 g/mol. The Morgan fingerprint density at radius 3 is 2.58 bits per heavy atom. The Kier molecular flexibility index (Phi) is 5.38. The molecule has 24 heavy (non-hydrogen) atoms. The van der Waals surface area contributed by atoms with Crippen molar-refractivity contribution >= 4 is 17.4 Å². The fourth-order valence-electron chi connectivity index (χ4n) is 2.55. The summed E-state index contributed by atoms with van der Waals surface area (Å²) in [5.74, 6) is -0.0128. The number of aliphatic hydroxyl groups is 1. The summed E-state index contributed by atoms with van der Waals surface area (Å²) in [7, 11) is 3.36. The number of halogens is 3. The first-order valence-corrected chi connectivity index (χ1v) is 7.46. The van der Waals surface area contributed by atoms with Gasteiger partial charge in [0.25, 0.3) is 0 Å². The van der Waals surface area contributed by atoms with Crippen molar-refractivity contribution in [2.75, 3.05) is 30.9 Å². The van der Waals surface area contributed by atoms with Crippen molar-refractivity contribution in [3.63, 3.8) is 0 Å². The summed E-state index contributed by atoms with van der Waals surface area (Å²) in [6.07, 6.45) is -0.354. The van der Waals surface area contributed by atoms with Gasteiger partial charge < -0.3 is 20.6 Å². The zero-order chi connectivity index (χ0) is 17.9. The van der Waals surface area contributed by atoms with Crippen LogP contribution in [0.5, 0.6) is 0 Å². The quantitative estimate of drug-likeness (QED) is 0.737. The van der Waals surface area contributed by atoms with Crippen LogP contribution < -0.4 is 15.5 Å². The molecule has 1 aromatic rings. The molecule has 0 heterocycles. The second-order valence-electron chi connectivity index (χ2n) is 5.89. The van der Waals surface area contributed by atoms with E-state index in [0.717, 1.165) is 12.1 Å². The molecule has 0 fully saturated rings. The molecule has 3 N–H and O–H groups in total. The van der Waals surface area contributed by atoms with Gasteiger partial charge in [0.15, 0.2) is 0 Å². The fourth-order valence-corrected chi connectivity index (χ4v) is 2.55. The van der Waals surface area contributed by atoms with Crippen LogP contribution in [0.15, 0.2) is 30.4 Å². The molecule has 0 unspecified atom stereocenters. The summed E-state index contributed by atoms with van der Waals surface area (Å²) in [6.45, 7) is -0.00525. The molecule has 0 bridgehead atoms. The second kappa shape index (κ2) is 7.12. The number of benzene rings is 1. The van der Waals surface area contributed by atoms with Gasteiger partial charge in [0, 0.05) is 32.7 Å². The summed E-state index contributed by atoms with van der Waals surface area (Å²) in [5, 5.41) is 14.2. The first-order valence-electron chi connectivity index (χ1n) is 7.46. The van der Waals surface area contributed by atoms with Crippen LogP contribution in [-0.2, 0) is 6.18 Å². The van der Waals surface area contributed by atoms with Gasteiger partial charge in [0.1, 0.15) is 0 Å². The van der Waals surface area contributed by atoms with Crippen molar-refractivity contribution in [2.45, 2.75) is 18.6 Å². The molecule has 5 nitrogen and oxygen atoms in total. The standard InChI is InChI=1S/C16H20F3N3O2/c1-22(2)14-6-4-11(16(17,18)19)8-13(14)21-15(24)20-12-5-3-10(7-12)9-23/h3-6,8,10,12,23H,7,9H2,1-2H3,(H2,20,21,24)/t10-,12+/m0/s1. The zero-order valence-corrected chi connectivity index (χ0v) is 13.4. The lowest BCUT2D eigenvalue weighted by atomic mass is 10.1. The van der Waals surface area contributed by atoms with Crippen molar-refractivity contribution < 1.29 is 23.1 Å². The normalized spacial score (nSPS) is 20.1. The van der Waals surface area contributed by atoms with Gasteiger partial charge >= 0.3 is 12.2 Å². The number of amides is 2. The lowest BCUT2D eigenvalue weighted by molar-refractivity contribution is -0.137. The molecule has 8 heteroatoms. The minimum Gasteiger partial charge on any atom is -0.396 e. The zero-order valence-electron chi connectivity index (χ0n) is 13.4. The SMILES string of the molecule is CN(C)c1ccc(C(F)(F)F)cc1NC(=O)N[C@@H]1C=C[C@H](CO)C1. The van der Waals surface area contributed by atoms with E-state index in [1.54, 1.807) is 31.1 Å². The molecule has 1 aromatic carbocycles. The topological polar surface area (TPSA) is 64.6 Å². The van der Waals surface area contributed by atoms with Crippen LogP contribution in [0, 0.1) is 5.92 Å². The number of nitrogens with one attached hydrogen (secondary N) is 2. The van der Waals surface area contributed by atoms with E-state index in [1.165, 1.54) is 6.07 Å². The largest absolute Gasteiger partial charge is 0.416 e. The van der Waals surface area contributed by atoms with Crippen molar-refractivity contribution in [3.05, 3.63) is 35.9 Å². The molecule has 132 valence electrons. The maximum Gasteiger partial charge on any atom is 0.416 e. The van der Waals surface area contributed by atoms with Gasteiger partial charge in [-0.3, -0.25) is 0 Å². The van der Waals surface area contributed by atoms with Crippen molar-refractivity contribution in [2.24, 2.45) is 5.92 Å². The van der Waals surface area contributed by atoms with E-state index >= 15 is 0 Å². The Morgan fingerprint density at radius 2 is 2.04 bits per heavy atom. The van der Waals surface area contributed by atoms with Crippen molar-refractivity contribution in [3.8, 4) is 0 Å². The molecular formula is C16H20F3N3O2. The number of alkyl halides is 3. The van der Waals surface area contributed by atoms with Crippen LogP contribution in [0.25, 0.3) is 0 Å². The first kappa shape index (κ1) is 18.1. The van der Waals surface area contributed by atoms with Crippen molar-refractivity contribution in [1.82, 2.24) is 5.32 Å². The number of nitrogens with zero attached hydrogens (tertiary/aromatic N) is 1. The van der Waals surface area contributed by atoms with Crippen LogP contribution in [0.1, 0.15) is 12.0 Å². The Labute approximate surface area is 138 Å². The average molecular weight is 343 g/mol. The molecule has 0 aromatic heterocycles. The van der Waals surface area contributed by atoms with Gasteiger partial charge in [-0.2, -0.15) is 13.2 Å². The number of hydrogen-bond acceptors (Lipinski definition) is 3. The molecule has 0 saturated carbocycles. The third kappa shape index (κ3) is 4.41. The van der Waals surface area contributed by atoms with Gasteiger partial charge in [-0.15, -0.1) is 0 Å². The lowest BCUT2D eigenvalue weighted by Crippen LogP contribution is -2.36. The van der Waals surface area contributed by atoms with E-state index < -0.39 is 17.8 Å². The molecule has 1 aliphatic rings. The molecule has 0 saturated heterocycles. The van der Waals surface area contributed by atoms with E-state index in [2.05, 4.69) is 10.6 Å². The van der Waals surface area contributed by atoms with Gasteiger partial charge in [-0.1, -0.05) is 12.2 Å². The number of carbonyl (C=O) groups excluding carboxylic acids is 1. The number of aliphatic hydroxyl groups excluding tert-OH is 1. The molecule has 0 radical (unpaired) electrons. The van der Waals surface area contributed by atoms with Gasteiger partial charge in [-0.25, -0.2) is 4.79 Å². The van der Waals surface area contributed by atoms with Crippen LogP contribution in [0.2, 0.25) is 0 Å². The molecule has 0 spiro atoms. The minimum atomic E-state index is -4.49. The highest BCUT2D eigenvalue weighted by Crippen LogP contribution is 2.34. The highest BCUT2D eigenvalue weighted by molar-refractivity contribution is 5.93. The summed E-state index contributed by atoms with van der Waals surface area (Å²) in [6, 6.07) is 2.36. The Bertz CT molecular complexity index is 629. The van der Waals surface area contributed by atoms with E-state index in [1.807, 2.05) is 0 Å². The number of anilines is 2. The lowest BCUT2D eigenvalue weighted by Gasteiger charge is -2.21. The molecular weight excluding hydrogens is 323 g/mol.